The van der Waals surface area contributed by atoms with Crippen molar-refractivity contribution in [2.24, 2.45) is 0 Å². The Bertz CT molecular complexity index is 1410. The molecule has 0 radical (unpaired) electrons. The van der Waals surface area contributed by atoms with E-state index in [9.17, 15) is 0 Å². The molecule has 6 aromatic carbocycles. The van der Waals surface area contributed by atoms with Crippen molar-refractivity contribution >= 4 is 38.6 Å². The summed E-state index contributed by atoms with van der Waals surface area (Å²) in [4.78, 5) is 0. The minimum atomic E-state index is -0.826. The van der Waals surface area contributed by atoms with E-state index in [1.165, 1.54) is 54.9 Å². The molecule has 0 heterocycles. The van der Waals surface area contributed by atoms with E-state index < -0.39 is 20.8 Å². The van der Waals surface area contributed by atoms with Gasteiger partial charge in [0.05, 0.1) is 0 Å². The van der Waals surface area contributed by atoms with E-state index in [2.05, 4.69) is 135 Å². The zero-order valence-corrected chi connectivity index (χ0v) is 25.2. The molecule has 0 nitrogen and oxygen atoms in total. The third kappa shape index (κ3) is 6.91. The van der Waals surface area contributed by atoms with Gasteiger partial charge in [-0.15, -0.1) is 69.1 Å². The summed E-state index contributed by atoms with van der Waals surface area (Å²) in [5.41, 5.74) is 8.11. The number of rotatable bonds is 4. The van der Waals surface area contributed by atoms with Gasteiger partial charge >= 0.3 is 37.9 Å². The van der Waals surface area contributed by atoms with Crippen LogP contribution in [0, 0.1) is 0 Å². The van der Waals surface area contributed by atoms with Crippen molar-refractivity contribution in [1.82, 2.24) is 0 Å². The van der Waals surface area contributed by atoms with E-state index >= 15 is 0 Å². The molecule has 3 heteroatoms. The van der Waals surface area contributed by atoms with Gasteiger partial charge in [0.1, 0.15) is 0 Å². The molecule has 0 amide bonds. The Morgan fingerprint density at radius 2 is 0.919 bits per heavy atom. The van der Waals surface area contributed by atoms with Crippen LogP contribution in [0.1, 0.15) is 25.0 Å². The van der Waals surface area contributed by atoms with Crippen LogP contribution in [0.15, 0.2) is 121 Å². The van der Waals surface area contributed by atoms with Crippen LogP contribution in [0.5, 0.6) is 0 Å². The van der Waals surface area contributed by atoms with Gasteiger partial charge in [0.15, 0.2) is 0 Å². The molecule has 0 N–H and O–H groups in total. The zero-order chi connectivity index (χ0) is 26.0. The second kappa shape index (κ2) is 13.9. The van der Waals surface area contributed by atoms with Crippen LogP contribution in [0.2, 0.25) is 0 Å². The van der Waals surface area contributed by atoms with Crippen LogP contribution in [0.4, 0.5) is 0 Å². The second-order valence-electron chi connectivity index (χ2n) is 8.85. The van der Waals surface area contributed by atoms with Gasteiger partial charge in [-0.2, -0.15) is 12.1 Å². The maximum atomic E-state index is 4.93. The van der Waals surface area contributed by atoms with Crippen molar-refractivity contribution in [3.63, 3.8) is 0 Å². The number of aryl methyl sites for hydroxylation is 2. The number of fused-ring (bicyclic) bond motifs is 2. The molecule has 0 aliphatic carbocycles. The van der Waals surface area contributed by atoms with Gasteiger partial charge in [-0.05, 0) is 24.0 Å². The summed E-state index contributed by atoms with van der Waals surface area (Å²) < 4.78 is 0. The Morgan fingerprint density at radius 1 is 0.541 bits per heavy atom. The first-order valence-corrected chi connectivity index (χ1v) is 18.9. The van der Waals surface area contributed by atoms with E-state index in [-0.39, 0.29) is 0 Å². The third-order valence-electron chi connectivity index (χ3n) is 6.61. The van der Waals surface area contributed by atoms with Crippen LogP contribution >= 0.6 is 17.0 Å². The molecule has 37 heavy (non-hydrogen) atoms. The van der Waals surface area contributed by atoms with Gasteiger partial charge in [0.2, 0.25) is 0 Å². The number of benzene rings is 4. The Kier molecular flexibility index (Phi) is 10.4. The Labute approximate surface area is 239 Å². The fourth-order valence-electron chi connectivity index (χ4n) is 4.74. The van der Waals surface area contributed by atoms with Crippen molar-refractivity contribution in [1.29, 1.82) is 0 Å². The van der Waals surface area contributed by atoms with Gasteiger partial charge in [0.25, 0.3) is 0 Å². The molecule has 0 spiro atoms. The molecule has 0 atom stereocenters. The fraction of sp³-hybridized carbons (Fsp3) is 0.118. The van der Waals surface area contributed by atoms with E-state index in [1.54, 1.807) is 0 Å². The Balaban J connectivity index is 0.000000157. The monoisotopic (exact) mass is 598 g/mol. The van der Waals surface area contributed by atoms with Crippen molar-refractivity contribution < 1.29 is 20.8 Å². The summed E-state index contributed by atoms with van der Waals surface area (Å²) >= 11 is -0.826. The summed E-state index contributed by atoms with van der Waals surface area (Å²) in [6.07, 6.45) is 2.20. The molecular weight excluding hydrogens is 571 g/mol. The van der Waals surface area contributed by atoms with E-state index in [0.29, 0.717) is 0 Å². The van der Waals surface area contributed by atoms with E-state index in [4.69, 9.17) is 17.0 Å². The molecule has 0 unspecified atom stereocenters. The summed E-state index contributed by atoms with van der Waals surface area (Å²) in [5.74, 6) is 0. The Morgan fingerprint density at radius 3 is 1.27 bits per heavy atom. The standard InChI is InChI=1S/2C17H15.2ClH.Zr/c2*1-2-13-11-15-9-6-10-16(17(15)12-13)14-7-4-3-5-8-14;;;/h2*3-12H,2H2,1H3;2*1H;/q2*-1;;;+4/p-2. The molecule has 6 rings (SSSR count). The van der Waals surface area contributed by atoms with E-state index in [1.807, 2.05) is 0 Å². The molecule has 6 aromatic rings. The number of halogens is 2. The predicted molar refractivity (Wildman–Crippen MR) is 160 cm³/mol. The topological polar surface area (TPSA) is 0 Å². The van der Waals surface area contributed by atoms with Crippen LogP contribution in [0.3, 0.4) is 0 Å². The van der Waals surface area contributed by atoms with Crippen LogP contribution in [-0.2, 0) is 33.7 Å². The van der Waals surface area contributed by atoms with Gasteiger partial charge in [-0.3, -0.25) is 0 Å². The molecule has 0 saturated heterocycles. The molecule has 0 aliphatic rings. The maximum absolute atomic E-state index is 4.93. The van der Waals surface area contributed by atoms with Crippen molar-refractivity contribution in [2.75, 3.05) is 0 Å². The minimum absolute atomic E-state index is 0.826. The summed E-state index contributed by atoms with van der Waals surface area (Å²) in [7, 11) is 9.87. The average molecular weight is 601 g/mol. The van der Waals surface area contributed by atoms with Crippen molar-refractivity contribution in [3.05, 3.63) is 132 Å². The first kappa shape index (κ1) is 27.6. The van der Waals surface area contributed by atoms with Gasteiger partial charge < -0.3 is 0 Å². The van der Waals surface area contributed by atoms with Crippen LogP contribution < -0.4 is 0 Å². The molecule has 0 saturated carbocycles. The molecule has 0 fully saturated rings. The molecule has 184 valence electrons. The Hall–Kier alpha value is -2.44. The second-order valence-corrected chi connectivity index (χ2v) is 12.6. The average Bonchev–Trinajstić information content (AvgIpc) is 3.58. The first-order valence-electron chi connectivity index (χ1n) is 12.6. The van der Waals surface area contributed by atoms with Gasteiger partial charge in [-0.25, -0.2) is 0 Å². The van der Waals surface area contributed by atoms with Gasteiger partial charge in [-0.1, -0.05) is 97.8 Å². The molecular formula is C34H30Cl2Zr. The summed E-state index contributed by atoms with van der Waals surface area (Å²) in [5, 5.41) is 5.44. The van der Waals surface area contributed by atoms with Crippen molar-refractivity contribution in [2.45, 2.75) is 26.7 Å². The summed E-state index contributed by atoms with van der Waals surface area (Å²) in [6.45, 7) is 4.41. The number of hydrogen-bond acceptors (Lipinski definition) is 0. The molecule has 0 bridgehead atoms. The molecule has 0 aliphatic heterocycles. The zero-order valence-electron chi connectivity index (χ0n) is 21.2. The van der Waals surface area contributed by atoms with Crippen LogP contribution in [-0.4, -0.2) is 0 Å². The quantitative estimate of drug-likeness (QED) is 0.177. The fourth-order valence-corrected chi connectivity index (χ4v) is 4.74. The van der Waals surface area contributed by atoms with Crippen LogP contribution in [0.25, 0.3) is 43.8 Å². The van der Waals surface area contributed by atoms with E-state index in [0.717, 1.165) is 12.8 Å². The SMILES string of the molecule is CCc1cc2c(-c3ccccc3)cccc2[cH-]1.CCc1cc2c(-c3ccccc3)cccc2[cH-]1.[Cl][Zr+2][Cl]. The van der Waals surface area contributed by atoms with Gasteiger partial charge in [0, 0.05) is 0 Å². The predicted octanol–water partition coefficient (Wildman–Crippen LogP) is 11.0. The number of hydrogen-bond donors (Lipinski definition) is 0. The summed E-state index contributed by atoms with van der Waals surface area (Å²) in [6, 6.07) is 43.5. The first-order chi connectivity index (χ1) is 18.2. The molecule has 0 aromatic heterocycles. The van der Waals surface area contributed by atoms with Crippen molar-refractivity contribution in [3.8, 4) is 22.3 Å². The third-order valence-corrected chi connectivity index (χ3v) is 6.61. The normalized spacial score (nSPS) is 10.3.